The molecule has 0 spiro atoms. The summed E-state index contributed by atoms with van der Waals surface area (Å²) >= 11 is 0. The van der Waals surface area contributed by atoms with E-state index in [4.69, 9.17) is 10.5 Å². The van der Waals surface area contributed by atoms with Crippen molar-refractivity contribution >= 4 is 11.4 Å². The van der Waals surface area contributed by atoms with Crippen LogP contribution in [0.4, 0.5) is 11.4 Å². The molecule has 0 aliphatic carbocycles. The maximum Gasteiger partial charge on any atom is 0.193 e. The predicted octanol–water partition coefficient (Wildman–Crippen LogP) is 0.403. The molecule has 4 N–H and O–H groups in total. The third kappa shape index (κ3) is 2.38. The Bertz CT molecular complexity index is 455. The van der Waals surface area contributed by atoms with Gasteiger partial charge in [0.15, 0.2) is 5.82 Å². The van der Waals surface area contributed by atoms with E-state index in [2.05, 4.69) is 25.9 Å². The van der Waals surface area contributed by atoms with E-state index >= 15 is 0 Å². The third-order valence-corrected chi connectivity index (χ3v) is 2.00. The average Bonchev–Trinajstić information content (AvgIpc) is 2.78. The van der Waals surface area contributed by atoms with Crippen LogP contribution in [0.5, 0.6) is 5.75 Å². The zero-order valence-electron chi connectivity index (χ0n) is 8.77. The molecule has 1 heterocycles. The highest BCUT2D eigenvalue weighted by Crippen LogP contribution is 2.22. The van der Waals surface area contributed by atoms with Gasteiger partial charge in [0.2, 0.25) is 0 Å². The molecule has 0 unspecified atom stereocenters. The minimum Gasteiger partial charge on any atom is -0.497 e. The molecule has 1 aromatic carbocycles. The highest BCUT2D eigenvalue weighted by Gasteiger charge is 2.01. The Hall–Kier alpha value is -2.31. The van der Waals surface area contributed by atoms with Crippen LogP contribution >= 0.6 is 0 Å². The van der Waals surface area contributed by atoms with Crippen LogP contribution in [-0.2, 0) is 6.54 Å². The number of hydrogen-bond acceptors (Lipinski definition) is 6. The molecule has 0 aliphatic heterocycles. The van der Waals surface area contributed by atoms with Gasteiger partial charge in [-0.05, 0) is 6.07 Å². The van der Waals surface area contributed by atoms with E-state index in [9.17, 15) is 0 Å². The van der Waals surface area contributed by atoms with Gasteiger partial charge in [0.1, 0.15) is 5.75 Å². The molecule has 0 atom stereocenters. The van der Waals surface area contributed by atoms with Crippen LogP contribution in [-0.4, -0.2) is 27.7 Å². The number of tetrazole rings is 1. The van der Waals surface area contributed by atoms with Gasteiger partial charge in [0.05, 0.1) is 13.7 Å². The van der Waals surface area contributed by atoms with Crippen molar-refractivity contribution in [2.24, 2.45) is 0 Å². The zero-order chi connectivity index (χ0) is 11.4. The normalized spacial score (nSPS) is 10.1. The van der Waals surface area contributed by atoms with Crippen molar-refractivity contribution in [1.82, 2.24) is 20.6 Å². The lowest BCUT2D eigenvalue weighted by Crippen LogP contribution is -2.02. The lowest BCUT2D eigenvalue weighted by atomic mass is 10.2. The summed E-state index contributed by atoms with van der Waals surface area (Å²) in [7, 11) is 1.59. The Labute approximate surface area is 92.0 Å². The summed E-state index contributed by atoms with van der Waals surface area (Å²) in [5, 5.41) is 16.6. The molecule has 0 radical (unpaired) electrons. The molecular formula is C9H12N6O. The molecule has 16 heavy (non-hydrogen) atoms. The molecule has 0 saturated carbocycles. The molecule has 2 rings (SSSR count). The van der Waals surface area contributed by atoms with Crippen LogP contribution in [0, 0.1) is 0 Å². The van der Waals surface area contributed by atoms with Crippen molar-refractivity contribution in [3.8, 4) is 5.75 Å². The zero-order valence-corrected chi connectivity index (χ0v) is 8.77. The van der Waals surface area contributed by atoms with E-state index in [-0.39, 0.29) is 0 Å². The summed E-state index contributed by atoms with van der Waals surface area (Å²) < 4.78 is 5.10. The first kappa shape index (κ1) is 10.2. The number of rotatable bonds is 4. The third-order valence-electron chi connectivity index (χ3n) is 2.00. The van der Waals surface area contributed by atoms with Crippen LogP contribution in [0.3, 0.4) is 0 Å². The van der Waals surface area contributed by atoms with E-state index in [1.807, 2.05) is 12.1 Å². The first-order valence-corrected chi connectivity index (χ1v) is 4.68. The van der Waals surface area contributed by atoms with Gasteiger partial charge < -0.3 is 15.8 Å². The largest absolute Gasteiger partial charge is 0.497 e. The Morgan fingerprint density at radius 1 is 1.44 bits per heavy atom. The van der Waals surface area contributed by atoms with E-state index in [0.29, 0.717) is 23.8 Å². The maximum atomic E-state index is 5.71. The molecule has 0 fully saturated rings. The number of nitrogen functional groups attached to an aromatic ring is 1. The second-order valence-corrected chi connectivity index (χ2v) is 3.18. The van der Waals surface area contributed by atoms with Crippen molar-refractivity contribution in [3.63, 3.8) is 0 Å². The Balaban J connectivity index is 2.06. The first-order valence-electron chi connectivity index (χ1n) is 4.68. The van der Waals surface area contributed by atoms with Crippen molar-refractivity contribution in [2.45, 2.75) is 6.54 Å². The number of nitrogens with zero attached hydrogens (tertiary/aromatic N) is 3. The van der Waals surface area contributed by atoms with Crippen molar-refractivity contribution in [3.05, 3.63) is 24.0 Å². The first-order chi connectivity index (χ1) is 7.78. The summed E-state index contributed by atoms with van der Waals surface area (Å²) in [4.78, 5) is 0. The van der Waals surface area contributed by atoms with Crippen LogP contribution in [0.25, 0.3) is 0 Å². The lowest BCUT2D eigenvalue weighted by Gasteiger charge is -2.07. The lowest BCUT2D eigenvalue weighted by molar-refractivity contribution is 0.415. The summed E-state index contributed by atoms with van der Waals surface area (Å²) in [6.45, 7) is 0.475. The molecule has 84 valence electrons. The fourth-order valence-electron chi connectivity index (χ4n) is 1.28. The summed E-state index contributed by atoms with van der Waals surface area (Å²) in [6, 6.07) is 5.40. The number of H-pyrrole nitrogens is 1. The smallest absolute Gasteiger partial charge is 0.193 e. The Morgan fingerprint density at radius 3 is 3.00 bits per heavy atom. The van der Waals surface area contributed by atoms with Crippen molar-refractivity contribution in [1.29, 1.82) is 0 Å². The van der Waals surface area contributed by atoms with E-state index in [0.717, 1.165) is 5.69 Å². The van der Waals surface area contributed by atoms with Crippen LogP contribution in [0.2, 0.25) is 0 Å². The van der Waals surface area contributed by atoms with Gasteiger partial charge in [-0.1, -0.05) is 5.21 Å². The molecule has 0 amide bonds. The molecule has 0 aliphatic rings. The van der Waals surface area contributed by atoms with Crippen LogP contribution in [0.15, 0.2) is 18.2 Å². The SMILES string of the molecule is COc1cc(N)cc(NCc2nn[nH]n2)c1. The number of hydrogen-bond donors (Lipinski definition) is 3. The van der Waals surface area contributed by atoms with Gasteiger partial charge in [0.25, 0.3) is 0 Å². The number of aromatic amines is 1. The van der Waals surface area contributed by atoms with Crippen LogP contribution in [0.1, 0.15) is 5.82 Å². The second-order valence-electron chi connectivity index (χ2n) is 3.18. The topological polar surface area (TPSA) is 102 Å². The summed E-state index contributed by atoms with van der Waals surface area (Å²) in [5.41, 5.74) is 7.20. The van der Waals surface area contributed by atoms with Gasteiger partial charge in [-0.3, -0.25) is 0 Å². The molecule has 2 aromatic rings. The Kier molecular flexibility index (Phi) is 2.86. The van der Waals surface area contributed by atoms with Crippen molar-refractivity contribution < 1.29 is 4.74 Å². The highest BCUT2D eigenvalue weighted by molar-refractivity contribution is 5.59. The molecule has 7 nitrogen and oxygen atoms in total. The molecule has 0 bridgehead atoms. The Morgan fingerprint density at radius 2 is 2.31 bits per heavy atom. The number of aromatic nitrogens is 4. The number of anilines is 2. The maximum absolute atomic E-state index is 5.71. The van der Waals surface area contributed by atoms with Gasteiger partial charge in [-0.2, -0.15) is 5.21 Å². The number of nitrogens with two attached hydrogens (primary N) is 1. The minimum absolute atomic E-state index is 0.475. The monoisotopic (exact) mass is 220 g/mol. The van der Waals surface area contributed by atoms with Crippen molar-refractivity contribution in [2.75, 3.05) is 18.2 Å². The van der Waals surface area contributed by atoms with Crippen LogP contribution < -0.4 is 15.8 Å². The number of ether oxygens (including phenoxy) is 1. The van der Waals surface area contributed by atoms with Gasteiger partial charge in [-0.15, -0.1) is 10.2 Å². The molecule has 0 saturated heterocycles. The summed E-state index contributed by atoms with van der Waals surface area (Å²) in [5.74, 6) is 1.29. The molecular weight excluding hydrogens is 208 g/mol. The fourth-order valence-corrected chi connectivity index (χ4v) is 1.28. The highest BCUT2D eigenvalue weighted by atomic mass is 16.5. The number of nitrogens with one attached hydrogen (secondary N) is 2. The quantitative estimate of drug-likeness (QED) is 0.645. The predicted molar refractivity (Wildman–Crippen MR) is 58.9 cm³/mol. The standard InChI is InChI=1S/C9H12N6O/c1-16-8-3-6(10)2-7(4-8)11-5-9-12-14-15-13-9/h2-4,11H,5,10H2,1H3,(H,12,13,14,15). The van der Waals surface area contributed by atoms with E-state index in [1.54, 1.807) is 13.2 Å². The fraction of sp³-hybridized carbons (Fsp3) is 0.222. The number of methoxy groups -OCH3 is 1. The minimum atomic E-state index is 0.475. The second kappa shape index (κ2) is 4.47. The van der Waals surface area contributed by atoms with E-state index in [1.165, 1.54) is 0 Å². The van der Waals surface area contributed by atoms with Gasteiger partial charge >= 0.3 is 0 Å². The van der Waals surface area contributed by atoms with Gasteiger partial charge in [0, 0.05) is 23.5 Å². The molecule has 1 aromatic heterocycles. The van der Waals surface area contributed by atoms with Gasteiger partial charge in [-0.25, -0.2) is 0 Å². The number of benzene rings is 1. The average molecular weight is 220 g/mol. The van der Waals surface area contributed by atoms with E-state index < -0.39 is 0 Å². The summed E-state index contributed by atoms with van der Waals surface area (Å²) in [6.07, 6.45) is 0. The molecule has 7 heteroatoms.